The van der Waals surface area contributed by atoms with Gasteiger partial charge in [-0.25, -0.2) is 0 Å². The zero-order valence-corrected chi connectivity index (χ0v) is 14.4. The summed E-state index contributed by atoms with van der Waals surface area (Å²) in [7, 11) is 0. The highest BCUT2D eigenvalue weighted by Crippen LogP contribution is 2.32. The number of alkyl halides is 3. The van der Waals surface area contributed by atoms with Gasteiger partial charge in [-0.05, 0) is 29.8 Å². The molecular weight excluding hydrogens is 361 g/mol. The van der Waals surface area contributed by atoms with Crippen molar-refractivity contribution in [2.45, 2.75) is 12.7 Å². The van der Waals surface area contributed by atoms with Crippen LogP contribution in [0.5, 0.6) is 0 Å². The van der Waals surface area contributed by atoms with Crippen LogP contribution < -0.4 is 15.3 Å². The summed E-state index contributed by atoms with van der Waals surface area (Å²) in [5, 5.41) is 14.4. The predicted octanol–water partition coefficient (Wildman–Crippen LogP) is 2.52. The maximum Gasteiger partial charge on any atom is 0.416 e. The Bertz CT molecular complexity index is 818. The highest BCUT2D eigenvalue weighted by atomic mass is 19.4. The lowest BCUT2D eigenvalue weighted by Crippen LogP contribution is -2.38. The predicted molar refractivity (Wildman–Crippen MR) is 92.6 cm³/mol. The number of hydrogen-bond acceptors (Lipinski definition) is 5. The Morgan fingerprint density at radius 2 is 1.85 bits per heavy atom. The number of carboxylic acid groups (broad SMARTS) is 1. The minimum Gasteiger partial charge on any atom is -0.545 e. The molecule has 1 N–H and O–H groups in total. The van der Waals surface area contributed by atoms with Gasteiger partial charge < -0.3 is 24.9 Å². The smallest absolute Gasteiger partial charge is 0.416 e. The van der Waals surface area contributed by atoms with E-state index in [9.17, 15) is 23.1 Å². The van der Waals surface area contributed by atoms with Crippen LogP contribution in [-0.4, -0.2) is 32.3 Å². The number of hydrogen-bond donors (Lipinski definition) is 1. The first-order valence-corrected chi connectivity index (χ1v) is 8.43. The second-order valence-corrected chi connectivity index (χ2v) is 6.13. The van der Waals surface area contributed by atoms with E-state index in [0.717, 1.165) is 6.07 Å². The van der Waals surface area contributed by atoms with E-state index in [0.29, 0.717) is 37.7 Å². The molecule has 1 aliphatic rings. The number of carbonyl (C=O) groups is 1. The number of anilines is 2. The van der Waals surface area contributed by atoms with Gasteiger partial charge in [0.1, 0.15) is 0 Å². The lowest BCUT2D eigenvalue weighted by molar-refractivity contribution is -0.254. The molecule has 8 heteroatoms. The first-order valence-electron chi connectivity index (χ1n) is 8.43. The average Bonchev–Trinajstić information content (AvgIpc) is 2.66. The lowest BCUT2D eigenvalue weighted by Gasteiger charge is -2.31. The van der Waals surface area contributed by atoms with Gasteiger partial charge in [0.2, 0.25) is 0 Å². The molecule has 0 aliphatic carbocycles. The van der Waals surface area contributed by atoms with E-state index in [1.165, 1.54) is 24.3 Å². The fourth-order valence-electron chi connectivity index (χ4n) is 3.04. The van der Waals surface area contributed by atoms with Crippen LogP contribution in [0.25, 0.3) is 0 Å². The summed E-state index contributed by atoms with van der Waals surface area (Å²) in [6.07, 6.45) is -4.45. The second kappa shape index (κ2) is 7.87. The van der Waals surface area contributed by atoms with Gasteiger partial charge in [-0.1, -0.05) is 18.2 Å². The second-order valence-electron chi connectivity index (χ2n) is 6.13. The summed E-state index contributed by atoms with van der Waals surface area (Å²) in [5.74, 6) is -1.34. The molecule has 1 heterocycles. The van der Waals surface area contributed by atoms with Crippen molar-refractivity contribution < 1.29 is 27.8 Å². The van der Waals surface area contributed by atoms with Crippen LogP contribution in [-0.2, 0) is 17.5 Å². The summed E-state index contributed by atoms with van der Waals surface area (Å²) >= 11 is 0. The summed E-state index contributed by atoms with van der Waals surface area (Å²) in [4.78, 5) is 13.4. The number of morpholine rings is 1. The average molecular weight is 379 g/mol. The zero-order valence-electron chi connectivity index (χ0n) is 14.4. The van der Waals surface area contributed by atoms with Gasteiger partial charge in [-0.2, -0.15) is 13.2 Å². The van der Waals surface area contributed by atoms with Crippen LogP contribution >= 0.6 is 0 Å². The number of halogens is 3. The van der Waals surface area contributed by atoms with Gasteiger partial charge in [-0.3, -0.25) is 0 Å². The molecule has 5 nitrogen and oxygen atoms in total. The molecule has 0 bridgehead atoms. The molecule has 0 saturated carbocycles. The van der Waals surface area contributed by atoms with Crippen LogP contribution in [0.4, 0.5) is 24.5 Å². The molecule has 0 unspecified atom stereocenters. The quantitative estimate of drug-likeness (QED) is 0.865. The Labute approximate surface area is 154 Å². The number of carbonyl (C=O) groups excluding carboxylic acids is 1. The minimum atomic E-state index is -4.45. The first kappa shape index (κ1) is 19.0. The molecule has 1 aliphatic heterocycles. The van der Waals surface area contributed by atoms with E-state index in [1.54, 1.807) is 12.1 Å². The number of carboxylic acids is 1. The number of nitrogens with zero attached hydrogens (tertiary/aromatic N) is 1. The zero-order chi connectivity index (χ0) is 19.4. The summed E-state index contributed by atoms with van der Waals surface area (Å²) in [5.41, 5.74) is 0.272. The number of rotatable bonds is 5. The Morgan fingerprint density at radius 1 is 1.15 bits per heavy atom. The van der Waals surface area contributed by atoms with Gasteiger partial charge in [0.15, 0.2) is 0 Å². The standard InChI is InChI=1S/C19H19F3N2O3/c20-19(21,22)16-4-2-1-3-13(16)12-23-14-5-6-17(15(11-14)18(25)26)24-7-9-27-10-8-24/h1-6,11,23H,7-10,12H2,(H,25,26)/p-1. The fraction of sp³-hybridized carbons (Fsp3) is 0.316. The van der Waals surface area contributed by atoms with Crippen molar-refractivity contribution in [2.75, 3.05) is 36.5 Å². The highest BCUT2D eigenvalue weighted by Gasteiger charge is 2.32. The van der Waals surface area contributed by atoms with Gasteiger partial charge in [0.05, 0.1) is 24.7 Å². The molecule has 0 amide bonds. The third-order valence-corrected chi connectivity index (χ3v) is 4.37. The van der Waals surface area contributed by atoms with Crippen molar-refractivity contribution in [1.82, 2.24) is 0 Å². The van der Waals surface area contributed by atoms with Crippen LogP contribution in [0.3, 0.4) is 0 Å². The molecular formula is C19H18F3N2O3-. The molecule has 0 spiro atoms. The topological polar surface area (TPSA) is 64.6 Å². The summed E-state index contributed by atoms with van der Waals surface area (Å²) in [6, 6.07) is 9.93. The lowest BCUT2D eigenvalue weighted by atomic mass is 10.1. The van der Waals surface area contributed by atoms with E-state index in [1.807, 2.05) is 4.90 Å². The molecule has 1 fully saturated rings. The van der Waals surface area contributed by atoms with Crippen LogP contribution in [0.2, 0.25) is 0 Å². The van der Waals surface area contributed by atoms with Gasteiger partial charge in [-0.15, -0.1) is 0 Å². The molecule has 0 radical (unpaired) electrons. The number of aromatic carboxylic acids is 1. The Morgan fingerprint density at radius 3 is 2.52 bits per heavy atom. The van der Waals surface area contributed by atoms with Crippen LogP contribution in [0.15, 0.2) is 42.5 Å². The van der Waals surface area contributed by atoms with E-state index in [4.69, 9.17) is 4.74 Å². The molecule has 0 aromatic heterocycles. The van der Waals surface area contributed by atoms with Crippen molar-refractivity contribution in [3.8, 4) is 0 Å². The van der Waals surface area contributed by atoms with E-state index >= 15 is 0 Å². The highest BCUT2D eigenvalue weighted by molar-refractivity contribution is 5.94. The van der Waals surface area contributed by atoms with Gasteiger partial charge >= 0.3 is 6.18 Å². The molecule has 2 aromatic rings. The van der Waals surface area contributed by atoms with Crippen molar-refractivity contribution in [2.24, 2.45) is 0 Å². The molecule has 0 atom stereocenters. The molecule has 27 heavy (non-hydrogen) atoms. The van der Waals surface area contributed by atoms with Crippen molar-refractivity contribution in [3.63, 3.8) is 0 Å². The SMILES string of the molecule is O=C([O-])c1cc(NCc2ccccc2C(F)(F)F)ccc1N1CCOCC1. The number of benzene rings is 2. The normalized spacial score (nSPS) is 14.9. The number of nitrogens with one attached hydrogen (secondary N) is 1. The van der Waals surface area contributed by atoms with Crippen molar-refractivity contribution in [1.29, 1.82) is 0 Å². The Balaban J connectivity index is 1.80. The third kappa shape index (κ3) is 4.51. The number of ether oxygens (including phenoxy) is 1. The fourth-order valence-corrected chi connectivity index (χ4v) is 3.04. The summed E-state index contributed by atoms with van der Waals surface area (Å²) in [6.45, 7) is 2.04. The Kier molecular flexibility index (Phi) is 5.55. The molecule has 1 saturated heterocycles. The van der Waals surface area contributed by atoms with Gasteiger partial charge in [0, 0.05) is 36.6 Å². The van der Waals surface area contributed by atoms with Crippen LogP contribution in [0, 0.1) is 0 Å². The van der Waals surface area contributed by atoms with E-state index in [2.05, 4.69) is 5.32 Å². The third-order valence-electron chi connectivity index (χ3n) is 4.37. The van der Waals surface area contributed by atoms with Crippen LogP contribution in [0.1, 0.15) is 21.5 Å². The van der Waals surface area contributed by atoms with E-state index < -0.39 is 17.7 Å². The van der Waals surface area contributed by atoms with Gasteiger partial charge in [0.25, 0.3) is 0 Å². The largest absolute Gasteiger partial charge is 0.545 e. The first-order chi connectivity index (χ1) is 12.9. The summed E-state index contributed by atoms with van der Waals surface area (Å²) < 4.78 is 44.5. The van der Waals surface area contributed by atoms with E-state index in [-0.39, 0.29) is 17.7 Å². The monoisotopic (exact) mass is 379 g/mol. The Hall–Kier alpha value is -2.74. The maximum atomic E-state index is 13.1. The van der Waals surface area contributed by atoms with Crippen molar-refractivity contribution in [3.05, 3.63) is 59.2 Å². The maximum absolute atomic E-state index is 13.1. The minimum absolute atomic E-state index is 0.00833. The molecule has 144 valence electrons. The van der Waals surface area contributed by atoms with Crippen molar-refractivity contribution >= 4 is 17.3 Å². The molecule has 3 rings (SSSR count). The molecule has 2 aromatic carbocycles.